The number of rotatable bonds is 7. The Labute approximate surface area is 120 Å². The van der Waals surface area contributed by atoms with Gasteiger partial charge in [-0.15, -0.1) is 0 Å². The van der Waals surface area contributed by atoms with E-state index in [1.165, 1.54) is 12.3 Å². The van der Waals surface area contributed by atoms with Crippen molar-refractivity contribution >= 4 is 10.0 Å². The van der Waals surface area contributed by atoms with E-state index in [1.807, 2.05) is 0 Å². The van der Waals surface area contributed by atoms with Gasteiger partial charge in [0.2, 0.25) is 10.0 Å². The molecule has 1 aromatic rings. The highest BCUT2D eigenvalue weighted by Gasteiger charge is 2.29. The summed E-state index contributed by atoms with van der Waals surface area (Å²) in [4.78, 5) is -0.0227. The Hall–Kier alpha value is -1.06. The third kappa shape index (κ3) is 4.45. The zero-order chi connectivity index (χ0) is 15.7. The highest BCUT2D eigenvalue weighted by Crippen LogP contribution is 2.37. The second-order valence-electron chi connectivity index (χ2n) is 5.08. The van der Waals surface area contributed by atoms with Crippen LogP contribution in [0.2, 0.25) is 0 Å². The van der Waals surface area contributed by atoms with Crippen molar-refractivity contribution in [1.29, 1.82) is 0 Å². The summed E-state index contributed by atoms with van der Waals surface area (Å²) in [7, 11) is -3.84. The van der Waals surface area contributed by atoms with Crippen LogP contribution in [0.1, 0.15) is 37.4 Å². The molecule has 120 valence electrons. The van der Waals surface area contributed by atoms with Crippen molar-refractivity contribution in [3.05, 3.63) is 18.0 Å². The van der Waals surface area contributed by atoms with Crippen molar-refractivity contribution < 1.29 is 26.7 Å². The van der Waals surface area contributed by atoms with Crippen LogP contribution in [0, 0.1) is 0 Å². The van der Waals surface area contributed by atoms with Gasteiger partial charge in [-0.3, -0.25) is 0 Å². The van der Waals surface area contributed by atoms with E-state index < -0.39 is 22.6 Å². The maximum atomic E-state index is 12.0. The molecule has 2 rings (SSSR count). The summed E-state index contributed by atoms with van der Waals surface area (Å²) in [5.74, 6) is 0. The lowest BCUT2D eigenvalue weighted by atomic mass is 10.3. The van der Waals surface area contributed by atoms with E-state index >= 15 is 0 Å². The minimum Gasteiger partial charge on any atom is -0.390 e. The topological polar surface area (TPSA) is 71.3 Å². The minimum atomic E-state index is -4.29. The van der Waals surface area contributed by atoms with Crippen LogP contribution in [0.15, 0.2) is 17.2 Å². The summed E-state index contributed by atoms with van der Waals surface area (Å²) < 4.78 is 63.8. The normalized spacial score (nSPS) is 16.4. The number of nitrogens with zero attached hydrogens (tertiary/aromatic N) is 1. The van der Waals surface area contributed by atoms with Crippen molar-refractivity contribution in [2.45, 2.75) is 49.4 Å². The number of aliphatic hydroxyl groups is 1. The molecule has 0 bridgehead atoms. The van der Waals surface area contributed by atoms with Gasteiger partial charge in [0.05, 0.1) is 11.5 Å². The van der Waals surface area contributed by atoms with Crippen molar-refractivity contribution in [1.82, 2.24) is 9.29 Å². The molecule has 0 aliphatic heterocycles. The van der Waals surface area contributed by atoms with Gasteiger partial charge in [0.15, 0.2) is 0 Å². The number of hydrogen-bond acceptors (Lipinski definition) is 3. The highest BCUT2D eigenvalue weighted by atomic mass is 32.2. The molecular weight excluding hydrogens is 309 g/mol. The molecule has 1 aromatic heterocycles. The number of alkyl halides is 3. The van der Waals surface area contributed by atoms with E-state index in [4.69, 9.17) is 0 Å². The van der Waals surface area contributed by atoms with Crippen LogP contribution in [0.25, 0.3) is 0 Å². The third-order valence-corrected chi connectivity index (χ3v) is 4.68. The lowest BCUT2D eigenvalue weighted by Crippen LogP contribution is -2.25. The first-order valence-electron chi connectivity index (χ1n) is 6.61. The smallest absolute Gasteiger partial charge is 0.389 e. The molecule has 5 nitrogen and oxygen atoms in total. The highest BCUT2D eigenvalue weighted by molar-refractivity contribution is 7.89. The molecule has 0 spiro atoms. The molecule has 0 amide bonds. The molecular formula is C12H17F3N2O3S. The number of nitrogens with one attached hydrogen (secondary N) is 1. The summed E-state index contributed by atoms with van der Waals surface area (Å²) in [6.45, 7) is -0.551. The van der Waals surface area contributed by atoms with Crippen LogP contribution >= 0.6 is 0 Å². The Morgan fingerprint density at radius 3 is 2.57 bits per heavy atom. The van der Waals surface area contributed by atoms with Gasteiger partial charge < -0.3 is 9.67 Å². The molecule has 0 aromatic carbocycles. The predicted molar refractivity (Wildman–Crippen MR) is 69.1 cm³/mol. The largest absolute Gasteiger partial charge is 0.390 e. The lowest BCUT2D eigenvalue weighted by Gasteiger charge is -2.07. The summed E-state index contributed by atoms with van der Waals surface area (Å²) in [5, 5.41) is 9.22. The Balaban J connectivity index is 1.99. The Bertz CT molecular complexity index is 591. The first-order chi connectivity index (χ1) is 9.73. The quantitative estimate of drug-likeness (QED) is 0.752. The van der Waals surface area contributed by atoms with E-state index in [1.54, 1.807) is 4.57 Å². The molecule has 1 aliphatic carbocycles. The van der Waals surface area contributed by atoms with Gasteiger partial charge in [0.1, 0.15) is 0 Å². The zero-order valence-corrected chi connectivity index (χ0v) is 12.0. The third-order valence-electron chi connectivity index (χ3n) is 3.25. The van der Waals surface area contributed by atoms with E-state index in [-0.39, 0.29) is 30.5 Å². The number of hydrogen-bond donors (Lipinski definition) is 2. The number of aromatic nitrogens is 1. The molecule has 21 heavy (non-hydrogen) atoms. The summed E-state index contributed by atoms with van der Waals surface area (Å²) in [6.07, 6.45) is -2.33. The summed E-state index contributed by atoms with van der Waals surface area (Å²) >= 11 is 0. The number of aliphatic hydroxyl groups excluding tert-OH is 1. The molecule has 0 saturated heterocycles. The van der Waals surface area contributed by atoms with Crippen LogP contribution in [-0.2, 0) is 16.6 Å². The second kappa shape index (κ2) is 5.98. The fourth-order valence-electron chi connectivity index (χ4n) is 2.04. The fourth-order valence-corrected chi connectivity index (χ4v) is 3.16. The SMILES string of the molecule is O=S(=O)(NCCCC(F)(F)F)c1cc(CO)n(C2CC2)c1. The maximum Gasteiger partial charge on any atom is 0.389 e. The van der Waals surface area contributed by atoms with Crippen LogP contribution in [0.3, 0.4) is 0 Å². The van der Waals surface area contributed by atoms with Gasteiger partial charge in [-0.25, -0.2) is 13.1 Å². The van der Waals surface area contributed by atoms with Crippen molar-refractivity contribution in [3.63, 3.8) is 0 Å². The van der Waals surface area contributed by atoms with Gasteiger partial charge in [0, 0.05) is 30.9 Å². The Morgan fingerprint density at radius 1 is 1.38 bits per heavy atom. The molecule has 1 aliphatic rings. The van der Waals surface area contributed by atoms with Crippen molar-refractivity contribution in [2.75, 3.05) is 6.54 Å². The average molecular weight is 326 g/mol. The standard InChI is InChI=1S/C12H17F3N2O3S/c13-12(14,15)4-1-5-16-21(19,20)11-6-10(8-18)17(7-11)9-2-3-9/h6-7,9,16,18H,1-5,8H2. The van der Waals surface area contributed by atoms with Gasteiger partial charge in [0.25, 0.3) is 0 Å². The monoisotopic (exact) mass is 326 g/mol. The number of halogens is 3. The van der Waals surface area contributed by atoms with Crippen LogP contribution < -0.4 is 4.72 Å². The van der Waals surface area contributed by atoms with Crippen molar-refractivity contribution in [3.8, 4) is 0 Å². The van der Waals surface area contributed by atoms with Crippen molar-refractivity contribution in [2.24, 2.45) is 0 Å². The van der Waals surface area contributed by atoms with E-state index in [2.05, 4.69) is 4.72 Å². The van der Waals surface area contributed by atoms with Gasteiger partial charge in [-0.2, -0.15) is 13.2 Å². The second-order valence-corrected chi connectivity index (χ2v) is 6.85. The van der Waals surface area contributed by atoms with Crippen LogP contribution in [0.4, 0.5) is 13.2 Å². The van der Waals surface area contributed by atoms with Gasteiger partial charge >= 0.3 is 6.18 Å². The summed E-state index contributed by atoms with van der Waals surface area (Å²) in [6, 6.07) is 1.56. The van der Waals surface area contributed by atoms with E-state index in [0.717, 1.165) is 12.8 Å². The predicted octanol–water partition coefficient (Wildman–Crippen LogP) is 1.94. The van der Waals surface area contributed by atoms with E-state index in [0.29, 0.717) is 5.69 Å². The first-order valence-corrected chi connectivity index (χ1v) is 8.09. The lowest BCUT2D eigenvalue weighted by molar-refractivity contribution is -0.135. The first kappa shape index (κ1) is 16.3. The molecule has 1 saturated carbocycles. The fraction of sp³-hybridized carbons (Fsp3) is 0.667. The molecule has 9 heteroatoms. The van der Waals surface area contributed by atoms with E-state index in [9.17, 15) is 26.7 Å². The zero-order valence-electron chi connectivity index (χ0n) is 11.2. The Morgan fingerprint density at radius 2 is 2.05 bits per heavy atom. The van der Waals surface area contributed by atoms with Crippen LogP contribution in [0.5, 0.6) is 0 Å². The molecule has 0 unspecified atom stereocenters. The van der Waals surface area contributed by atoms with Crippen LogP contribution in [-0.4, -0.2) is 30.8 Å². The minimum absolute atomic E-state index is 0.0227. The Kier molecular flexibility index (Phi) is 4.64. The average Bonchev–Trinajstić information content (AvgIpc) is 3.12. The number of sulfonamides is 1. The molecule has 1 fully saturated rings. The molecule has 2 N–H and O–H groups in total. The molecule has 0 atom stereocenters. The summed E-state index contributed by atoms with van der Waals surface area (Å²) in [5.41, 5.74) is 0.494. The van der Waals surface area contributed by atoms with Gasteiger partial charge in [-0.1, -0.05) is 0 Å². The molecule has 1 heterocycles. The molecule has 0 radical (unpaired) electrons. The van der Waals surface area contributed by atoms with Gasteiger partial charge in [-0.05, 0) is 25.3 Å². The maximum absolute atomic E-state index is 12.0.